The van der Waals surface area contributed by atoms with Gasteiger partial charge in [0.25, 0.3) is 0 Å². The Morgan fingerprint density at radius 1 is 1.32 bits per heavy atom. The number of hydrogen-bond acceptors (Lipinski definition) is 2. The third-order valence-corrected chi connectivity index (χ3v) is 3.81. The standard InChI is InChI=1S/C16H23NO2/c1-3-4-5-6-7-12-10-16(18)17-15-11-13(19-2)8-9-14(12)15/h8-11,14-15H,3-7H2,1-2H3,(H,17,18). The zero-order valence-electron chi connectivity index (χ0n) is 11.8. The van der Waals surface area contributed by atoms with E-state index in [-0.39, 0.29) is 11.9 Å². The Morgan fingerprint density at radius 2 is 2.16 bits per heavy atom. The molecule has 0 fully saturated rings. The molecule has 2 aliphatic rings. The molecule has 2 rings (SSSR count). The maximum atomic E-state index is 11.7. The van der Waals surface area contributed by atoms with Crippen molar-refractivity contribution in [1.82, 2.24) is 5.32 Å². The van der Waals surface area contributed by atoms with Gasteiger partial charge in [-0.25, -0.2) is 0 Å². The molecular weight excluding hydrogens is 238 g/mol. The predicted molar refractivity (Wildman–Crippen MR) is 76.5 cm³/mol. The topological polar surface area (TPSA) is 38.3 Å². The highest BCUT2D eigenvalue weighted by molar-refractivity contribution is 5.90. The van der Waals surface area contributed by atoms with E-state index in [9.17, 15) is 4.79 Å². The summed E-state index contributed by atoms with van der Waals surface area (Å²) in [5.74, 6) is 1.15. The number of unbranched alkanes of at least 4 members (excludes halogenated alkanes) is 3. The molecule has 3 heteroatoms. The molecule has 2 unspecified atom stereocenters. The number of nitrogens with one attached hydrogen (secondary N) is 1. The highest BCUT2D eigenvalue weighted by atomic mass is 16.5. The molecule has 0 bridgehead atoms. The van der Waals surface area contributed by atoms with Gasteiger partial charge in [-0.1, -0.05) is 37.8 Å². The summed E-state index contributed by atoms with van der Waals surface area (Å²) < 4.78 is 5.23. The fourth-order valence-corrected chi connectivity index (χ4v) is 2.74. The van der Waals surface area contributed by atoms with Gasteiger partial charge in [-0.15, -0.1) is 0 Å². The quantitative estimate of drug-likeness (QED) is 0.746. The molecular formula is C16H23NO2. The summed E-state index contributed by atoms with van der Waals surface area (Å²) >= 11 is 0. The van der Waals surface area contributed by atoms with Crippen molar-refractivity contribution in [3.8, 4) is 0 Å². The largest absolute Gasteiger partial charge is 0.497 e. The summed E-state index contributed by atoms with van der Waals surface area (Å²) in [6, 6.07) is 0.0543. The summed E-state index contributed by atoms with van der Waals surface area (Å²) in [6.45, 7) is 2.21. The van der Waals surface area contributed by atoms with Crippen LogP contribution in [-0.4, -0.2) is 19.1 Å². The van der Waals surface area contributed by atoms with Crippen LogP contribution < -0.4 is 5.32 Å². The number of fused-ring (bicyclic) bond motifs is 1. The van der Waals surface area contributed by atoms with Crippen LogP contribution in [0, 0.1) is 5.92 Å². The van der Waals surface area contributed by atoms with Crippen LogP contribution >= 0.6 is 0 Å². The highest BCUT2D eigenvalue weighted by Gasteiger charge is 2.29. The molecule has 0 saturated carbocycles. The maximum absolute atomic E-state index is 11.7. The molecule has 1 heterocycles. The average molecular weight is 261 g/mol. The van der Waals surface area contributed by atoms with Gasteiger partial charge in [-0.3, -0.25) is 4.79 Å². The zero-order valence-corrected chi connectivity index (χ0v) is 11.8. The third-order valence-electron chi connectivity index (χ3n) is 3.81. The summed E-state index contributed by atoms with van der Waals surface area (Å²) in [5.41, 5.74) is 1.26. The van der Waals surface area contributed by atoms with E-state index < -0.39 is 0 Å². The van der Waals surface area contributed by atoms with Crippen molar-refractivity contribution in [2.75, 3.05) is 7.11 Å². The van der Waals surface area contributed by atoms with Gasteiger partial charge in [0.1, 0.15) is 5.76 Å². The smallest absolute Gasteiger partial charge is 0.244 e. The molecule has 1 N–H and O–H groups in total. The Labute approximate surface area is 115 Å². The van der Waals surface area contributed by atoms with Gasteiger partial charge in [0, 0.05) is 12.0 Å². The van der Waals surface area contributed by atoms with E-state index in [0.717, 1.165) is 12.2 Å². The lowest BCUT2D eigenvalue weighted by Crippen LogP contribution is -2.43. The second-order valence-corrected chi connectivity index (χ2v) is 5.22. The number of rotatable bonds is 6. The third kappa shape index (κ3) is 3.49. The molecule has 1 aliphatic heterocycles. The Hall–Kier alpha value is -1.51. The van der Waals surface area contributed by atoms with Gasteiger partial charge in [0.05, 0.1) is 13.2 Å². The van der Waals surface area contributed by atoms with Crippen LogP contribution in [0.3, 0.4) is 0 Å². The number of ether oxygens (including phenoxy) is 1. The fourth-order valence-electron chi connectivity index (χ4n) is 2.74. The van der Waals surface area contributed by atoms with Gasteiger partial charge < -0.3 is 10.1 Å². The first-order valence-corrected chi connectivity index (χ1v) is 7.19. The summed E-state index contributed by atoms with van der Waals surface area (Å²) in [5, 5.41) is 2.99. The van der Waals surface area contributed by atoms with Crippen molar-refractivity contribution in [1.29, 1.82) is 0 Å². The lowest BCUT2D eigenvalue weighted by atomic mass is 9.82. The first-order valence-electron chi connectivity index (χ1n) is 7.19. The zero-order chi connectivity index (χ0) is 13.7. The molecule has 0 aromatic heterocycles. The van der Waals surface area contributed by atoms with Crippen molar-refractivity contribution in [3.05, 3.63) is 35.6 Å². The van der Waals surface area contributed by atoms with Crippen LogP contribution in [0.1, 0.15) is 39.0 Å². The van der Waals surface area contributed by atoms with Crippen molar-refractivity contribution >= 4 is 5.91 Å². The first kappa shape index (κ1) is 13.9. The first-order chi connectivity index (χ1) is 9.24. The Balaban J connectivity index is 2.01. The van der Waals surface area contributed by atoms with Gasteiger partial charge in [0.15, 0.2) is 0 Å². The van der Waals surface area contributed by atoms with Crippen molar-refractivity contribution < 1.29 is 9.53 Å². The van der Waals surface area contributed by atoms with Gasteiger partial charge >= 0.3 is 0 Å². The number of hydrogen-bond donors (Lipinski definition) is 1. The van der Waals surface area contributed by atoms with Crippen LogP contribution in [0.5, 0.6) is 0 Å². The van der Waals surface area contributed by atoms with Crippen molar-refractivity contribution in [3.63, 3.8) is 0 Å². The van der Waals surface area contributed by atoms with Crippen LogP contribution in [0.15, 0.2) is 35.6 Å². The van der Waals surface area contributed by atoms with E-state index in [4.69, 9.17) is 4.74 Å². The number of carbonyl (C=O) groups is 1. The average Bonchev–Trinajstić information content (AvgIpc) is 2.42. The molecule has 0 spiro atoms. The number of allylic oxidation sites excluding steroid dienone is 1. The highest BCUT2D eigenvalue weighted by Crippen LogP contribution is 2.30. The summed E-state index contributed by atoms with van der Waals surface area (Å²) in [6.07, 6.45) is 13.9. The molecule has 2 atom stereocenters. The van der Waals surface area contributed by atoms with E-state index in [1.54, 1.807) is 13.2 Å². The molecule has 0 saturated heterocycles. The lowest BCUT2D eigenvalue weighted by molar-refractivity contribution is -0.117. The molecule has 0 radical (unpaired) electrons. The van der Waals surface area contributed by atoms with E-state index in [2.05, 4.69) is 18.3 Å². The van der Waals surface area contributed by atoms with E-state index in [1.165, 1.54) is 31.3 Å². The van der Waals surface area contributed by atoms with Gasteiger partial charge in [-0.2, -0.15) is 0 Å². The van der Waals surface area contributed by atoms with E-state index in [0.29, 0.717) is 5.92 Å². The number of carbonyl (C=O) groups excluding carboxylic acids is 1. The minimum atomic E-state index is 0.0220. The van der Waals surface area contributed by atoms with Crippen molar-refractivity contribution in [2.24, 2.45) is 5.92 Å². The SMILES string of the molecule is CCCCCCC1=CC(=O)NC2C=C(OC)C=CC12. The summed E-state index contributed by atoms with van der Waals surface area (Å²) in [7, 11) is 1.66. The minimum Gasteiger partial charge on any atom is -0.497 e. The van der Waals surface area contributed by atoms with Crippen LogP contribution in [0.25, 0.3) is 0 Å². The van der Waals surface area contributed by atoms with Crippen molar-refractivity contribution in [2.45, 2.75) is 45.1 Å². The predicted octanol–water partition coefficient (Wildman–Crippen LogP) is 3.10. The van der Waals surface area contributed by atoms with Gasteiger partial charge in [-0.05, 0) is 25.0 Å². The van der Waals surface area contributed by atoms with E-state index in [1.807, 2.05) is 12.2 Å². The second kappa shape index (κ2) is 6.60. The molecule has 104 valence electrons. The fraction of sp³-hybridized carbons (Fsp3) is 0.562. The monoisotopic (exact) mass is 261 g/mol. The maximum Gasteiger partial charge on any atom is 0.244 e. The van der Waals surface area contributed by atoms with Gasteiger partial charge in [0.2, 0.25) is 5.91 Å². The molecule has 1 amide bonds. The Kier molecular flexibility index (Phi) is 4.83. The lowest BCUT2D eigenvalue weighted by Gasteiger charge is -2.32. The molecule has 0 aromatic rings. The molecule has 19 heavy (non-hydrogen) atoms. The van der Waals surface area contributed by atoms with Crippen LogP contribution in [-0.2, 0) is 9.53 Å². The van der Waals surface area contributed by atoms with Crippen LogP contribution in [0.2, 0.25) is 0 Å². The molecule has 3 nitrogen and oxygen atoms in total. The summed E-state index contributed by atoms with van der Waals surface area (Å²) in [4.78, 5) is 11.7. The Morgan fingerprint density at radius 3 is 2.89 bits per heavy atom. The van der Waals surface area contributed by atoms with E-state index >= 15 is 0 Å². The Bertz CT molecular complexity index is 420. The number of methoxy groups -OCH3 is 1. The molecule has 0 aromatic carbocycles. The second-order valence-electron chi connectivity index (χ2n) is 5.22. The van der Waals surface area contributed by atoms with Crippen LogP contribution in [0.4, 0.5) is 0 Å². The normalized spacial score (nSPS) is 25.3. The molecule has 1 aliphatic carbocycles. The number of amides is 1. The minimum absolute atomic E-state index is 0.0220.